The van der Waals surface area contributed by atoms with Crippen molar-refractivity contribution in [2.24, 2.45) is 11.8 Å². The highest BCUT2D eigenvalue weighted by Crippen LogP contribution is 2.16. The summed E-state index contributed by atoms with van der Waals surface area (Å²) in [6.45, 7) is 6.48. The van der Waals surface area contributed by atoms with Gasteiger partial charge < -0.3 is 4.90 Å². The van der Waals surface area contributed by atoms with E-state index in [1.807, 2.05) is 18.2 Å². The minimum atomic E-state index is 0.661. The van der Waals surface area contributed by atoms with Gasteiger partial charge in [0.2, 0.25) is 0 Å². The molecule has 1 unspecified atom stereocenters. The second kappa shape index (κ2) is 7.56. The predicted octanol–water partition coefficient (Wildman–Crippen LogP) is 3.66. The van der Waals surface area contributed by atoms with Crippen LogP contribution in [0.1, 0.15) is 25.0 Å². The first-order valence-corrected chi connectivity index (χ1v) is 7.42. The Morgan fingerprint density at radius 1 is 1.39 bits per heavy atom. The molecule has 1 aromatic rings. The summed E-state index contributed by atoms with van der Waals surface area (Å²) in [6.07, 6.45) is 0. The molecule has 98 valence electrons. The Morgan fingerprint density at radius 2 is 2.11 bits per heavy atom. The molecule has 0 heterocycles. The van der Waals surface area contributed by atoms with Crippen molar-refractivity contribution >= 4 is 15.9 Å². The van der Waals surface area contributed by atoms with Gasteiger partial charge in [0.25, 0.3) is 0 Å². The number of nitriles is 1. The van der Waals surface area contributed by atoms with E-state index in [1.54, 1.807) is 0 Å². The van der Waals surface area contributed by atoms with Gasteiger partial charge in [0.05, 0.1) is 11.6 Å². The van der Waals surface area contributed by atoms with E-state index >= 15 is 0 Å². The first-order chi connectivity index (χ1) is 8.56. The fourth-order valence-corrected chi connectivity index (χ4v) is 2.91. The topological polar surface area (TPSA) is 27.0 Å². The summed E-state index contributed by atoms with van der Waals surface area (Å²) in [4.78, 5) is 2.32. The van der Waals surface area contributed by atoms with Gasteiger partial charge in [0.15, 0.2) is 0 Å². The first kappa shape index (κ1) is 15.2. The molecule has 0 radical (unpaired) electrons. The molecule has 0 fully saturated rings. The van der Waals surface area contributed by atoms with Gasteiger partial charge in [-0.25, -0.2) is 0 Å². The summed E-state index contributed by atoms with van der Waals surface area (Å²) in [6, 6.07) is 10.0. The lowest BCUT2D eigenvalue weighted by Gasteiger charge is -2.25. The average Bonchev–Trinajstić information content (AvgIpc) is 2.35. The van der Waals surface area contributed by atoms with E-state index in [9.17, 15) is 0 Å². The van der Waals surface area contributed by atoms with Crippen molar-refractivity contribution in [1.82, 2.24) is 4.90 Å². The van der Waals surface area contributed by atoms with Crippen LogP contribution in [0, 0.1) is 23.2 Å². The van der Waals surface area contributed by atoms with Gasteiger partial charge in [-0.2, -0.15) is 5.26 Å². The Morgan fingerprint density at radius 3 is 2.67 bits per heavy atom. The van der Waals surface area contributed by atoms with Gasteiger partial charge in [0.1, 0.15) is 0 Å². The first-order valence-electron chi connectivity index (χ1n) is 6.30. The zero-order valence-corrected chi connectivity index (χ0v) is 12.9. The van der Waals surface area contributed by atoms with Gasteiger partial charge in [-0.1, -0.05) is 41.9 Å². The molecule has 0 N–H and O–H groups in total. The summed E-state index contributed by atoms with van der Waals surface area (Å²) in [5.41, 5.74) is 1.94. The maximum absolute atomic E-state index is 8.88. The van der Waals surface area contributed by atoms with E-state index < -0.39 is 0 Å². The highest BCUT2D eigenvalue weighted by molar-refractivity contribution is 9.09. The molecule has 18 heavy (non-hydrogen) atoms. The van der Waals surface area contributed by atoms with Crippen LogP contribution in [-0.4, -0.2) is 23.8 Å². The van der Waals surface area contributed by atoms with E-state index in [2.05, 4.69) is 53.9 Å². The fraction of sp³-hybridized carbons (Fsp3) is 0.533. The van der Waals surface area contributed by atoms with Crippen molar-refractivity contribution in [3.63, 3.8) is 0 Å². The smallest absolute Gasteiger partial charge is 0.0991 e. The van der Waals surface area contributed by atoms with Crippen molar-refractivity contribution in [2.45, 2.75) is 20.4 Å². The number of hydrogen-bond donors (Lipinski definition) is 0. The van der Waals surface area contributed by atoms with Gasteiger partial charge >= 0.3 is 0 Å². The largest absolute Gasteiger partial charge is 0.302 e. The molecular formula is C15H21BrN2. The molecule has 0 aliphatic heterocycles. The second-order valence-electron chi connectivity index (χ2n) is 5.17. The van der Waals surface area contributed by atoms with Crippen LogP contribution in [0.3, 0.4) is 0 Å². The Hall–Kier alpha value is -0.850. The number of alkyl halides is 1. The summed E-state index contributed by atoms with van der Waals surface area (Å²) in [7, 11) is 2.14. The highest BCUT2D eigenvalue weighted by Gasteiger charge is 2.14. The maximum atomic E-state index is 8.88. The van der Waals surface area contributed by atoms with Gasteiger partial charge in [-0.05, 0) is 36.6 Å². The summed E-state index contributed by atoms with van der Waals surface area (Å²) >= 11 is 3.58. The Labute approximate surface area is 119 Å². The molecule has 0 amide bonds. The van der Waals surface area contributed by atoms with E-state index in [-0.39, 0.29) is 0 Å². The van der Waals surface area contributed by atoms with Crippen LogP contribution < -0.4 is 0 Å². The molecule has 0 aliphatic rings. The van der Waals surface area contributed by atoms with Crippen molar-refractivity contribution in [2.75, 3.05) is 18.9 Å². The van der Waals surface area contributed by atoms with Gasteiger partial charge in [-0.15, -0.1) is 0 Å². The third kappa shape index (κ3) is 4.80. The molecule has 1 rings (SSSR count). The lowest BCUT2D eigenvalue weighted by atomic mass is 9.97. The highest BCUT2D eigenvalue weighted by atomic mass is 79.9. The van der Waals surface area contributed by atoms with Crippen LogP contribution in [0.4, 0.5) is 0 Å². The predicted molar refractivity (Wildman–Crippen MR) is 79.6 cm³/mol. The van der Waals surface area contributed by atoms with Crippen LogP contribution in [0.5, 0.6) is 0 Å². The number of halogens is 1. The minimum Gasteiger partial charge on any atom is -0.302 e. The van der Waals surface area contributed by atoms with Crippen LogP contribution in [0.2, 0.25) is 0 Å². The molecule has 0 bridgehead atoms. The van der Waals surface area contributed by atoms with Crippen molar-refractivity contribution < 1.29 is 0 Å². The van der Waals surface area contributed by atoms with Crippen LogP contribution >= 0.6 is 15.9 Å². The van der Waals surface area contributed by atoms with Gasteiger partial charge in [0, 0.05) is 18.4 Å². The van der Waals surface area contributed by atoms with E-state index in [4.69, 9.17) is 5.26 Å². The second-order valence-corrected chi connectivity index (χ2v) is 5.81. The third-order valence-corrected chi connectivity index (χ3v) is 4.03. The summed E-state index contributed by atoms with van der Waals surface area (Å²) in [5.74, 6) is 1.34. The number of nitrogens with zero attached hydrogens (tertiary/aromatic N) is 2. The maximum Gasteiger partial charge on any atom is 0.0991 e. The molecule has 1 aromatic carbocycles. The Bertz CT molecular complexity index is 409. The zero-order chi connectivity index (χ0) is 13.5. The van der Waals surface area contributed by atoms with Crippen LogP contribution in [0.25, 0.3) is 0 Å². The number of hydrogen-bond acceptors (Lipinski definition) is 2. The van der Waals surface area contributed by atoms with Gasteiger partial charge in [-0.3, -0.25) is 0 Å². The SMILES string of the molecule is CC(C)C(CBr)CN(C)Cc1cccc(C#N)c1. The quantitative estimate of drug-likeness (QED) is 0.750. The van der Waals surface area contributed by atoms with Crippen molar-refractivity contribution in [1.29, 1.82) is 5.26 Å². The normalized spacial score (nSPS) is 12.7. The minimum absolute atomic E-state index is 0.661. The number of rotatable bonds is 6. The monoisotopic (exact) mass is 308 g/mol. The molecule has 0 saturated carbocycles. The lowest BCUT2D eigenvalue weighted by Crippen LogP contribution is -2.29. The lowest BCUT2D eigenvalue weighted by molar-refractivity contribution is 0.247. The van der Waals surface area contributed by atoms with E-state index in [1.165, 1.54) is 5.56 Å². The summed E-state index contributed by atoms with van der Waals surface area (Å²) < 4.78 is 0. The molecule has 2 nitrogen and oxygen atoms in total. The average molecular weight is 309 g/mol. The van der Waals surface area contributed by atoms with Crippen LogP contribution in [0.15, 0.2) is 24.3 Å². The number of benzene rings is 1. The Kier molecular flexibility index (Phi) is 6.38. The van der Waals surface area contributed by atoms with Crippen molar-refractivity contribution in [3.8, 4) is 6.07 Å². The molecular weight excluding hydrogens is 288 g/mol. The van der Waals surface area contributed by atoms with E-state index in [0.29, 0.717) is 11.8 Å². The molecule has 0 aromatic heterocycles. The van der Waals surface area contributed by atoms with Crippen molar-refractivity contribution in [3.05, 3.63) is 35.4 Å². The molecule has 3 heteroatoms. The summed E-state index contributed by atoms with van der Waals surface area (Å²) in [5, 5.41) is 9.92. The molecule has 0 spiro atoms. The molecule has 0 saturated heterocycles. The fourth-order valence-electron chi connectivity index (χ4n) is 1.95. The van der Waals surface area contributed by atoms with E-state index in [0.717, 1.165) is 24.0 Å². The standard InChI is InChI=1S/C15H21BrN2/c1-12(2)15(8-16)11-18(3)10-14-6-4-5-13(7-14)9-17/h4-7,12,15H,8,10-11H2,1-3H3. The molecule has 0 aliphatic carbocycles. The van der Waals surface area contributed by atoms with Crippen LogP contribution in [-0.2, 0) is 6.54 Å². The zero-order valence-electron chi connectivity index (χ0n) is 11.4. The Balaban J connectivity index is 2.58. The molecule has 1 atom stereocenters. The third-order valence-electron chi connectivity index (χ3n) is 3.20.